The molecule has 0 bridgehead atoms. The smallest absolute Gasteiger partial charge is 0.202 e. The Hall–Kier alpha value is -0.540. The first-order valence-electron chi connectivity index (χ1n) is 2.70. The summed E-state index contributed by atoms with van der Waals surface area (Å²) in [6.07, 6.45) is -4.04. The molecule has 4 heteroatoms. The molecule has 1 radical (unpaired) electrons. The minimum absolute atomic E-state index is 0.0192. The largest absolute Gasteiger partial charge is 0.442 e. The van der Waals surface area contributed by atoms with E-state index >= 15 is 0 Å². The zero-order chi connectivity index (χ0) is 8.20. The SMILES string of the molecule is [CH2]CCC=C(F)C(F)(F)F. The molecule has 0 aromatic heterocycles. The first-order chi connectivity index (χ1) is 4.48. The molecule has 0 aliphatic rings. The summed E-state index contributed by atoms with van der Waals surface area (Å²) in [6, 6.07) is 0. The first-order valence-corrected chi connectivity index (χ1v) is 2.70. The summed E-state index contributed by atoms with van der Waals surface area (Å²) in [5, 5.41) is 0. The number of unbranched alkanes of at least 4 members (excludes halogenated alkanes) is 1. The third kappa shape index (κ3) is 3.48. The van der Waals surface area contributed by atoms with Crippen LogP contribution in [0, 0.1) is 6.92 Å². The second-order valence-corrected chi connectivity index (χ2v) is 1.69. The lowest BCUT2D eigenvalue weighted by Crippen LogP contribution is -2.07. The van der Waals surface area contributed by atoms with Crippen LogP contribution in [-0.2, 0) is 0 Å². The molecule has 0 aliphatic heterocycles. The lowest BCUT2D eigenvalue weighted by atomic mass is 10.3. The molecule has 10 heavy (non-hydrogen) atoms. The van der Waals surface area contributed by atoms with Crippen LogP contribution in [-0.4, -0.2) is 6.18 Å². The summed E-state index contributed by atoms with van der Waals surface area (Å²) in [6.45, 7) is 3.26. The molecular formula is C6H7F4. The van der Waals surface area contributed by atoms with Crippen molar-refractivity contribution in [3.8, 4) is 0 Å². The normalized spacial score (nSPS) is 13.9. The number of hydrogen-bond acceptors (Lipinski definition) is 0. The molecule has 0 unspecified atom stereocenters. The molecule has 0 saturated carbocycles. The fraction of sp³-hybridized carbons (Fsp3) is 0.500. The van der Waals surface area contributed by atoms with Crippen LogP contribution in [0.3, 0.4) is 0 Å². The van der Waals surface area contributed by atoms with Gasteiger partial charge in [-0.1, -0.05) is 6.92 Å². The van der Waals surface area contributed by atoms with Crippen LogP contribution >= 0.6 is 0 Å². The van der Waals surface area contributed by atoms with Gasteiger partial charge in [0.25, 0.3) is 0 Å². The summed E-state index contributed by atoms with van der Waals surface area (Å²) >= 11 is 0. The van der Waals surface area contributed by atoms with Gasteiger partial charge in [-0.15, -0.1) is 0 Å². The molecule has 0 spiro atoms. The third-order valence-corrected chi connectivity index (χ3v) is 0.798. The second-order valence-electron chi connectivity index (χ2n) is 1.69. The van der Waals surface area contributed by atoms with Crippen molar-refractivity contribution in [3.63, 3.8) is 0 Å². The summed E-state index contributed by atoms with van der Waals surface area (Å²) in [5.74, 6) is -2.03. The van der Waals surface area contributed by atoms with E-state index in [1.165, 1.54) is 0 Å². The maximum Gasteiger partial charge on any atom is 0.442 e. The van der Waals surface area contributed by atoms with Crippen LogP contribution in [0.1, 0.15) is 12.8 Å². The van der Waals surface area contributed by atoms with Gasteiger partial charge >= 0.3 is 6.18 Å². The molecule has 0 aromatic rings. The highest BCUT2D eigenvalue weighted by Crippen LogP contribution is 2.26. The monoisotopic (exact) mass is 155 g/mol. The lowest BCUT2D eigenvalue weighted by Gasteiger charge is -2.00. The molecule has 0 heterocycles. The quantitative estimate of drug-likeness (QED) is 0.537. The van der Waals surface area contributed by atoms with E-state index in [9.17, 15) is 17.6 Å². The number of alkyl halides is 3. The Morgan fingerprint density at radius 3 is 2.20 bits per heavy atom. The number of rotatable bonds is 2. The van der Waals surface area contributed by atoms with Gasteiger partial charge in [-0.2, -0.15) is 13.2 Å². The maximum absolute atomic E-state index is 11.8. The summed E-state index contributed by atoms with van der Waals surface area (Å²) in [7, 11) is 0. The van der Waals surface area contributed by atoms with E-state index in [2.05, 4.69) is 6.92 Å². The van der Waals surface area contributed by atoms with E-state index in [1.54, 1.807) is 0 Å². The van der Waals surface area contributed by atoms with Crippen LogP contribution in [0.2, 0.25) is 0 Å². The molecule has 0 nitrogen and oxygen atoms in total. The Labute approximate surface area is 56.5 Å². The van der Waals surface area contributed by atoms with E-state index in [-0.39, 0.29) is 12.8 Å². The summed E-state index contributed by atoms with van der Waals surface area (Å²) < 4.78 is 45.7. The Balaban J connectivity index is 3.93. The van der Waals surface area contributed by atoms with Crippen LogP contribution in [0.15, 0.2) is 11.9 Å². The molecule has 0 rings (SSSR count). The highest BCUT2D eigenvalue weighted by atomic mass is 19.4. The summed E-state index contributed by atoms with van der Waals surface area (Å²) in [4.78, 5) is 0. The van der Waals surface area contributed by atoms with Crippen molar-refractivity contribution in [1.29, 1.82) is 0 Å². The minimum Gasteiger partial charge on any atom is -0.202 e. The van der Waals surface area contributed by atoms with Gasteiger partial charge in [-0.25, -0.2) is 4.39 Å². The Bertz CT molecular complexity index is 122. The van der Waals surface area contributed by atoms with Crippen LogP contribution in [0.4, 0.5) is 17.6 Å². The number of hydrogen-bond donors (Lipinski definition) is 0. The highest BCUT2D eigenvalue weighted by Gasteiger charge is 2.33. The maximum atomic E-state index is 11.8. The van der Waals surface area contributed by atoms with Crippen molar-refractivity contribution in [2.24, 2.45) is 0 Å². The lowest BCUT2D eigenvalue weighted by molar-refractivity contribution is -0.109. The van der Waals surface area contributed by atoms with E-state index in [1.807, 2.05) is 0 Å². The van der Waals surface area contributed by atoms with E-state index < -0.39 is 12.0 Å². The summed E-state index contributed by atoms with van der Waals surface area (Å²) in [5.41, 5.74) is 0. The second kappa shape index (κ2) is 3.58. The number of halogens is 4. The fourth-order valence-electron chi connectivity index (χ4n) is 0.345. The van der Waals surface area contributed by atoms with Crippen molar-refractivity contribution in [1.82, 2.24) is 0 Å². The van der Waals surface area contributed by atoms with Gasteiger partial charge in [0.1, 0.15) is 0 Å². The van der Waals surface area contributed by atoms with Crippen molar-refractivity contribution in [2.45, 2.75) is 19.0 Å². The molecule has 0 aromatic carbocycles. The van der Waals surface area contributed by atoms with Gasteiger partial charge in [0.05, 0.1) is 0 Å². The van der Waals surface area contributed by atoms with E-state index in [4.69, 9.17) is 0 Å². The van der Waals surface area contributed by atoms with Gasteiger partial charge in [-0.3, -0.25) is 0 Å². The van der Waals surface area contributed by atoms with E-state index in [0.717, 1.165) is 0 Å². The molecule has 0 atom stereocenters. The molecule has 0 N–H and O–H groups in total. The molecular weight excluding hydrogens is 148 g/mol. The standard InChI is InChI=1S/C6H7F4/c1-2-3-4-5(7)6(8,9)10/h4H,1-3H2. The third-order valence-electron chi connectivity index (χ3n) is 0.798. The van der Waals surface area contributed by atoms with Crippen LogP contribution < -0.4 is 0 Å². The van der Waals surface area contributed by atoms with Gasteiger partial charge < -0.3 is 0 Å². The van der Waals surface area contributed by atoms with Gasteiger partial charge in [0, 0.05) is 0 Å². The molecule has 0 saturated heterocycles. The highest BCUT2D eigenvalue weighted by molar-refractivity contribution is 4.98. The zero-order valence-electron chi connectivity index (χ0n) is 5.21. The fourth-order valence-corrected chi connectivity index (χ4v) is 0.345. The number of allylic oxidation sites excluding steroid dienone is 2. The molecule has 0 amide bonds. The van der Waals surface area contributed by atoms with E-state index in [0.29, 0.717) is 6.08 Å². The van der Waals surface area contributed by atoms with Crippen molar-refractivity contribution < 1.29 is 17.6 Å². The van der Waals surface area contributed by atoms with Crippen molar-refractivity contribution >= 4 is 0 Å². The molecule has 0 fully saturated rings. The average Bonchev–Trinajstić information content (AvgIpc) is 1.80. The minimum atomic E-state index is -4.82. The Morgan fingerprint density at radius 2 is 1.90 bits per heavy atom. The van der Waals surface area contributed by atoms with Gasteiger partial charge in [-0.05, 0) is 18.9 Å². The van der Waals surface area contributed by atoms with Gasteiger partial charge in [0.15, 0.2) is 5.83 Å². The predicted octanol–water partition coefficient (Wildman–Crippen LogP) is 3.02. The van der Waals surface area contributed by atoms with Gasteiger partial charge in [0.2, 0.25) is 0 Å². The van der Waals surface area contributed by atoms with Crippen LogP contribution in [0.25, 0.3) is 0 Å². The topological polar surface area (TPSA) is 0 Å². The van der Waals surface area contributed by atoms with Crippen molar-refractivity contribution in [3.05, 3.63) is 18.8 Å². The van der Waals surface area contributed by atoms with Crippen LogP contribution in [0.5, 0.6) is 0 Å². The molecule has 59 valence electrons. The Kier molecular flexibility index (Phi) is 3.39. The zero-order valence-corrected chi connectivity index (χ0v) is 5.21. The predicted molar refractivity (Wildman–Crippen MR) is 29.8 cm³/mol. The average molecular weight is 155 g/mol. The first kappa shape index (κ1) is 9.46. The Morgan fingerprint density at radius 1 is 1.40 bits per heavy atom. The molecule has 0 aliphatic carbocycles. The van der Waals surface area contributed by atoms with Crippen molar-refractivity contribution in [2.75, 3.05) is 0 Å².